The zero-order valence-electron chi connectivity index (χ0n) is 9.64. The molecule has 2 nitrogen and oxygen atoms in total. The van der Waals surface area contributed by atoms with E-state index in [4.69, 9.17) is 10.2 Å². The third-order valence-electron chi connectivity index (χ3n) is 2.51. The standard InChI is InChI=1S/C14H13FO2S/c15-13-9-10(1-6-14(13)17)7-8-18-12-4-2-11(16)3-5-12/h1-6,9,16-17H,7-8H2. The van der Waals surface area contributed by atoms with E-state index >= 15 is 0 Å². The maximum atomic E-state index is 13.1. The van der Waals surface area contributed by atoms with Crippen LogP contribution in [-0.4, -0.2) is 16.0 Å². The van der Waals surface area contributed by atoms with Gasteiger partial charge in [0, 0.05) is 10.6 Å². The van der Waals surface area contributed by atoms with Crippen LogP contribution in [-0.2, 0) is 6.42 Å². The van der Waals surface area contributed by atoms with Crippen molar-refractivity contribution in [3.63, 3.8) is 0 Å². The number of hydrogen-bond donors (Lipinski definition) is 2. The second-order valence-corrected chi connectivity index (χ2v) is 5.05. The van der Waals surface area contributed by atoms with Gasteiger partial charge < -0.3 is 10.2 Å². The largest absolute Gasteiger partial charge is 0.508 e. The van der Waals surface area contributed by atoms with E-state index in [1.54, 1.807) is 30.0 Å². The summed E-state index contributed by atoms with van der Waals surface area (Å²) in [4.78, 5) is 1.06. The van der Waals surface area contributed by atoms with Crippen molar-refractivity contribution in [1.29, 1.82) is 0 Å². The summed E-state index contributed by atoms with van der Waals surface area (Å²) in [5, 5.41) is 18.2. The Morgan fingerprint density at radius 2 is 1.72 bits per heavy atom. The number of thioether (sulfide) groups is 1. The monoisotopic (exact) mass is 264 g/mol. The molecule has 0 amide bonds. The molecule has 0 aliphatic carbocycles. The summed E-state index contributed by atoms with van der Waals surface area (Å²) in [7, 11) is 0. The highest BCUT2D eigenvalue weighted by Crippen LogP contribution is 2.22. The molecular weight excluding hydrogens is 251 g/mol. The topological polar surface area (TPSA) is 40.5 Å². The van der Waals surface area contributed by atoms with E-state index in [9.17, 15) is 4.39 Å². The quantitative estimate of drug-likeness (QED) is 0.829. The van der Waals surface area contributed by atoms with Crippen molar-refractivity contribution < 1.29 is 14.6 Å². The number of benzene rings is 2. The first-order chi connectivity index (χ1) is 8.65. The van der Waals surface area contributed by atoms with Gasteiger partial charge in [-0.05, 0) is 48.4 Å². The zero-order chi connectivity index (χ0) is 13.0. The molecule has 0 saturated heterocycles. The number of aromatic hydroxyl groups is 2. The molecule has 0 radical (unpaired) electrons. The molecule has 0 aliphatic rings. The number of phenols is 2. The molecule has 4 heteroatoms. The fourth-order valence-corrected chi connectivity index (χ4v) is 2.44. The lowest BCUT2D eigenvalue weighted by Crippen LogP contribution is -1.90. The highest BCUT2D eigenvalue weighted by molar-refractivity contribution is 7.99. The molecule has 0 saturated carbocycles. The molecule has 0 unspecified atom stereocenters. The van der Waals surface area contributed by atoms with Crippen LogP contribution in [0.5, 0.6) is 11.5 Å². The lowest BCUT2D eigenvalue weighted by molar-refractivity contribution is 0.432. The molecule has 2 aromatic rings. The molecular formula is C14H13FO2S. The summed E-state index contributed by atoms with van der Waals surface area (Å²) in [6.07, 6.45) is 0.725. The molecule has 0 atom stereocenters. The molecule has 94 valence electrons. The van der Waals surface area contributed by atoms with Gasteiger partial charge >= 0.3 is 0 Å². The van der Waals surface area contributed by atoms with Crippen LogP contribution in [0.15, 0.2) is 47.4 Å². The van der Waals surface area contributed by atoms with Crippen LogP contribution in [0.4, 0.5) is 4.39 Å². The third kappa shape index (κ3) is 3.40. The minimum atomic E-state index is -0.581. The molecule has 0 spiro atoms. The Morgan fingerprint density at radius 3 is 2.39 bits per heavy atom. The van der Waals surface area contributed by atoms with Crippen LogP contribution in [0.1, 0.15) is 5.56 Å². The van der Waals surface area contributed by atoms with E-state index in [0.29, 0.717) is 0 Å². The van der Waals surface area contributed by atoms with Crippen molar-refractivity contribution in [1.82, 2.24) is 0 Å². The second-order valence-electron chi connectivity index (χ2n) is 3.88. The Balaban J connectivity index is 1.88. The van der Waals surface area contributed by atoms with Crippen LogP contribution in [0, 0.1) is 5.82 Å². The van der Waals surface area contributed by atoms with E-state index in [0.717, 1.165) is 22.6 Å². The summed E-state index contributed by atoms with van der Waals surface area (Å²) in [6.45, 7) is 0. The Hall–Kier alpha value is -1.68. The molecule has 2 rings (SSSR count). The van der Waals surface area contributed by atoms with Crippen LogP contribution >= 0.6 is 11.8 Å². The third-order valence-corrected chi connectivity index (χ3v) is 3.52. The number of halogens is 1. The SMILES string of the molecule is Oc1ccc(SCCc2ccc(O)c(F)c2)cc1. The van der Waals surface area contributed by atoms with Gasteiger partial charge in [-0.2, -0.15) is 0 Å². The zero-order valence-corrected chi connectivity index (χ0v) is 10.5. The van der Waals surface area contributed by atoms with Crippen LogP contribution in [0.25, 0.3) is 0 Å². The van der Waals surface area contributed by atoms with E-state index in [-0.39, 0.29) is 11.5 Å². The predicted octanol–water partition coefficient (Wildman–Crippen LogP) is 3.57. The molecule has 0 heterocycles. The van der Waals surface area contributed by atoms with E-state index in [1.807, 2.05) is 12.1 Å². The first-order valence-corrected chi connectivity index (χ1v) is 6.53. The van der Waals surface area contributed by atoms with E-state index in [1.165, 1.54) is 12.1 Å². The molecule has 0 bridgehead atoms. The second kappa shape index (κ2) is 5.78. The lowest BCUT2D eigenvalue weighted by atomic mass is 10.1. The fraction of sp³-hybridized carbons (Fsp3) is 0.143. The van der Waals surface area contributed by atoms with Gasteiger partial charge in [0.15, 0.2) is 11.6 Å². The van der Waals surface area contributed by atoms with E-state index < -0.39 is 5.82 Å². The van der Waals surface area contributed by atoms with E-state index in [2.05, 4.69) is 0 Å². The molecule has 2 N–H and O–H groups in total. The van der Waals surface area contributed by atoms with Crippen molar-refractivity contribution in [3.05, 3.63) is 53.8 Å². The number of phenolic OH excluding ortho intramolecular Hbond substituents is 2. The average Bonchev–Trinajstić information content (AvgIpc) is 2.36. The van der Waals surface area contributed by atoms with Crippen LogP contribution in [0.3, 0.4) is 0 Å². The van der Waals surface area contributed by atoms with Crippen LogP contribution in [0.2, 0.25) is 0 Å². The highest BCUT2D eigenvalue weighted by atomic mass is 32.2. The number of rotatable bonds is 4. The highest BCUT2D eigenvalue weighted by Gasteiger charge is 2.02. The van der Waals surface area contributed by atoms with Gasteiger partial charge in [0.05, 0.1) is 0 Å². The first-order valence-electron chi connectivity index (χ1n) is 5.54. The summed E-state index contributed by atoms with van der Waals surface area (Å²) in [6, 6.07) is 11.4. The Bertz CT molecular complexity index is 526. The Labute approximate surface area is 109 Å². The fourth-order valence-electron chi connectivity index (χ4n) is 1.54. The van der Waals surface area contributed by atoms with Gasteiger partial charge in [0.25, 0.3) is 0 Å². The number of hydrogen-bond acceptors (Lipinski definition) is 3. The maximum Gasteiger partial charge on any atom is 0.165 e. The first kappa shape index (κ1) is 12.8. The van der Waals surface area contributed by atoms with Crippen molar-refractivity contribution >= 4 is 11.8 Å². The Kier molecular flexibility index (Phi) is 4.10. The Morgan fingerprint density at radius 1 is 1.00 bits per heavy atom. The number of aryl methyl sites for hydroxylation is 1. The molecule has 0 fully saturated rings. The average molecular weight is 264 g/mol. The van der Waals surface area contributed by atoms with Crippen molar-refractivity contribution in [2.75, 3.05) is 5.75 Å². The molecule has 0 aliphatic heterocycles. The molecule has 0 aromatic heterocycles. The van der Waals surface area contributed by atoms with Crippen molar-refractivity contribution in [3.8, 4) is 11.5 Å². The minimum absolute atomic E-state index is 0.250. The van der Waals surface area contributed by atoms with Crippen molar-refractivity contribution in [2.45, 2.75) is 11.3 Å². The maximum absolute atomic E-state index is 13.1. The lowest BCUT2D eigenvalue weighted by Gasteiger charge is -2.03. The predicted molar refractivity (Wildman–Crippen MR) is 70.6 cm³/mol. The van der Waals surface area contributed by atoms with Crippen LogP contribution < -0.4 is 0 Å². The summed E-state index contributed by atoms with van der Waals surface area (Å²) < 4.78 is 13.1. The van der Waals surface area contributed by atoms with Gasteiger partial charge in [-0.3, -0.25) is 0 Å². The summed E-state index contributed by atoms with van der Waals surface area (Å²) >= 11 is 1.64. The molecule has 2 aromatic carbocycles. The van der Waals surface area contributed by atoms with Gasteiger partial charge in [-0.25, -0.2) is 4.39 Å². The van der Waals surface area contributed by atoms with Crippen molar-refractivity contribution in [2.24, 2.45) is 0 Å². The summed E-state index contributed by atoms with van der Waals surface area (Å²) in [5.41, 5.74) is 0.858. The normalized spacial score (nSPS) is 10.5. The van der Waals surface area contributed by atoms with Gasteiger partial charge in [-0.1, -0.05) is 6.07 Å². The van der Waals surface area contributed by atoms with Gasteiger partial charge in [0.1, 0.15) is 5.75 Å². The summed E-state index contributed by atoms with van der Waals surface area (Å²) in [5.74, 6) is 0.168. The minimum Gasteiger partial charge on any atom is -0.508 e. The van der Waals surface area contributed by atoms with Gasteiger partial charge in [0.2, 0.25) is 0 Å². The smallest absolute Gasteiger partial charge is 0.165 e. The molecule has 18 heavy (non-hydrogen) atoms. The van der Waals surface area contributed by atoms with Gasteiger partial charge in [-0.15, -0.1) is 11.8 Å².